The Morgan fingerprint density at radius 3 is 2.70 bits per heavy atom. The van der Waals surface area contributed by atoms with E-state index in [1.165, 1.54) is 30.8 Å². The first-order valence-corrected chi connectivity index (χ1v) is 12.0. The van der Waals surface area contributed by atoms with Crippen LogP contribution in [-0.4, -0.2) is 37.5 Å². The molecule has 30 heavy (non-hydrogen) atoms. The van der Waals surface area contributed by atoms with Gasteiger partial charge in [-0.1, -0.05) is 19.1 Å². The Hall–Kier alpha value is -2.65. The van der Waals surface area contributed by atoms with Gasteiger partial charge in [-0.25, -0.2) is 8.42 Å². The average molecular weight is 447 g/mol. The van der Waals surface area contributed by atoms with Crippen LogP contribution in [0.15, 0.2) is 52.3 Å². The summed E-state index contributed by atoms with van der Waals surface area (Å²) < 4.78 is 25.4. The normalized spacial score (nSPS) is 16.2. The number of hydrogen-bond donors (Lipinski definition) is 2. The first-order valence-electron chi connectivity index (χ1n) is 9.37. The molecule has 2 N–H and O–H groups in total. The lowest BCUT2D eigenvalue weighted by molar-refractivity contribution is -0.118. The number of anilines is 2. The maximum absolute atomic E-state index is 12.7. The quantitative estimate of drug-likeness (QED) is 0.659. The number of nitrogens with one attached hydrogen (secondary N) is 2. The topological polar surface area (TPSA) is 109 Å². The molecule has 158 valence electrons. The Morgan fingerprint density at radius 1 is 1.20 bits per heavy atom. The van der Waals surface area contributed by atoms with E-state index in [0.717, 1.165) is 4.90 Å². The van der Waals surface area contributed by atoms with Gasteiger partial charge in [0.05, 0.1) is 16.3 Å². The first-order chi connectivity index (χ1) is 14.2. The summed E-state index contributed by atoms with van der Waals surface area (Å²) >= 11 is 1.50. The van der Waals surface area contributed by atoms with Crippen molar-refractivity contribution in [1.82, 2.24) is 0 Å². The summed E-state index contributed by atoms with van der Waals surface area (Å²) in [4.78, 5) is 36.6. The zero-order valence-electron chi connectivity index (χ0n) is 16.6. The number of sulfone groups is 1. The van der Waals surface area contributed by atoms with Crippen LogP contribution in [0.4, 0.5) is 11.4 Å². The fraction of sp³-hybridized carbons (Fsp3) is 0.286. The van der Waals surface area contributed by atoms with E-state index < -0.39 is 15.7 Å². The number of amides is 2. The third-order valence-electron chi connectivity index (χ3n) is 4.66. The molecular weight excluding hydrogens is 424 g/mol. The van der Waals surface area contributed by atoms with Crippen LogP contribution < -0.4 is 10.6 Å². The zero-order valence-corrected chi connectivity index (χ0v) is 18.2. The number of carbonyl (C=O) groups excluding carboxylic acids is 3. The number of Topliss-reactive ketones (excluding diaryl/α,β-unsaturated/α-hetero) is 1. The van der Waals surface area contributed by atoms with Gasteiger partial charge in [-0.05, 0) is 37.3 Å². The summed E-state index contributed by atoms with van der Waals surface area (Å²) in [7, 11) is -3.72. The van der Waals surface area contributed by atoms with E-state index in [1.54, 1.807) is 30.3 Å². The van der Waals surface area contributed by atoms with E-state index in [9.17, 15) is 22.8 Å². The van der Waals surface area contributed by atoms with Gasteiger partial charge in [0.2, 0.25) is 11.8 Å². The lowest BCUT2D eigenvalue weighted by atomic mass is 10.1. The standard InChI is InChI=1S/C21H22N2O5S2/c1-13-12-29-19-7-6-17(11-18(19)23-21(13)26)30(27,28)9-8-20(25)22-16-5-3-4-15(10-16)14(2)24/h3-7,10-11,13H,8-9,12H2,1-2H3,(H,22,25)(H,23,26)/t13-/m1/s1. The molecule has 2 amide bonds. The third kappa shape index (κ3) is 5.28. The largest absolute Gasteiger partial charge is 0.326 e. The van der Waals surface area contributed by atoms with Crippen LogP contribution in [0.25, 0.3) is 0 Å². The maximum Gasteiger partial charge on any atom is 0.228 e. The summed E-state index contributed by atoms with van der Waals surface area (Å²) in [5.74, 6) is -0.670. The molecule has 2 aromatic rings. The van der Waals surface area contributed by atoms with Crippen LogP contribution in [-0.2, 0) is 19.4 Å². The molecule has 0 aliphatic carbocycles. The van der Waals surface area contributed by atoms with Gasteiger partial charge < -0.3 is 10.6 Å². The number of rotatable bonds is 6. The highest BCUT2D eigenvalue weighted by molar-refractivity contribution is 7.99. The number of benzene rings is 2. The fourth-order valence-corrected chi connectivity index (χ4v) is 5.13. The SMILES string of the molecule is CC(=O)c1cccc(NC(=O)CCS(=O)(=O)c2ccc3c(c2)NC(=O)[C@H](C)CS3)c1. The van der Waals surface area contributed by atoms with E-state index in [0.29, 0.717) is 22.7 Å². The molecule has 0 fully saturated rings. The van der Waals surface area contributed by atoms with E-state index in [-0.39, 0.29) is 34.7 Å². The molecule has 0 saturated heterocycles. The van der Waals surface area contributed by atoms with Crippen LogP contribution in [0.2, 0.25) is 0 Å². The van der Waals surface area contributed by atoms with Gasteiger partial charge in [0, 0.05) is 34.2 Å². The molecule has 2 aromatic carbocycles. The number of fused-ring (bicyclic) bond motifs is 1. The molecule has 0 bridgehead atoms. The van der Waals surface area contributed by atoms with E-state index in [1.807, 2.05) is 6.92 Å². The van der Waals surface area contributed by atoms with Gasteiger partial charge in [0.1, 0.15) is 0 Å². The first kappa shape index (κ1) is 22.0. The van der Waals surface area contributed by atoms with Crippen molar-refractivity contribution in [1.29, 1.82) is 0 Å². The zero-order chi connectivity index (χ0) is 21.9. The molecule has 0 spiro atoms. The van der Waals surface area contributed by atoms with Crippen molar-refractivity contribution in [2.45, 2.75) is 30.1 Å². The van der Waals surface area contributed by atoms with Gasteiger partial charge in [0.15, 0.2) is 15.6 Å². The number of ketones is 1. The molecule has 0 unspecified atom stereocenters. The summed E-state index contributed by atoms with van der Waals surface area (Å²) in [5.41, 5.74) is 1.37. The van der Waals surface area contributed by atoms with Crippen LogP contribution in [0.1, 0.15) is 30.6 Å². The van der Waals surface area contributed by atoms with Crippen molar-refractivity contribution in [3.8, 4) is 0 Å². The maximum atomic E-state index is 12.7. The Morgan fingerprint density at radius 2 is 1.97 bits per heavy atom. The van der Waals surface area contributed by atoms with E-state index in [2.05, 4.69) is 10.6 Å². The monoisotopic (exact) mass is 446 g/mol. The number of thioether (sulfide) groups is 1. The van der Waals surface area contributed by atoms with Gasteiger partial charge in [-0.2, -0.15) is 0 Å². The van der Waals surface area contributed by atoms with Crippen molar-refractivity contribution < 1.29 is 22.8 Å². The predicted molar refractivity (Wildman–Crippen MR) is 117 cm³/mol. The Balaban J connectivity index is 1.68. The minimum atomic E-state index is -3.72. The van der Waals surface area contributed by atoms with Gasteiger partial charge in [-0.3, -0.25) is 14.4 Å². The highest BCUT2D eigenvalue weighted by Gasteiger charge is 2.23. The molecule has 1 atom stereocenters. The van der Waals surface area contributed by atoms with E-state index in [4.69, 9.17) is 0 Å². The molecule has 0 radical (unpaired) electrons. The summed E-state index contributed by atoms with van der Waals surface area (Å²) in [5, 5.41) is 5.38. The van der Waals surface area contributed by atoms with Crippen LogP contribution in [0.3, 0.4) is 0 Å². The highest BCUT2D eigenvalue weighted by atomic mass is 32.2. The Bertz CT molecular complexity index is 1110. The average Bonchev–Trinajstić information content (AvgIpc) is 2.84. The second-order valence-corrected chi connectivity index (χ2v) is 10.3. The summed E-state index contributed by atoms with van der Waals surface area (Å²) in [6.07, 6.45) is -0.234. The second-order valence-electron chi connectivity index (χ2n) is 7.11. The molecular formula is C21H22N2O5S2. The Kier molecular flexibility index (Phi) is 6.62. The number of carbonyl (C=O) groups is 3. The van der Waals surface area contributed by atoms with Crippen molar-refractivity contribution in [2.75, 3.05) is 22.1 Å². The highest BCUT2D eigenvalue weighted by Crippen LogP contribution is 2.34. The second kappa shape index (κ2) is 9.01. The van der Waals surface area contributed by atoms with Crippen molar-refractivity contribution >= 4 is 50.6 Å². The van der Waals surface area contributed by atoms with Crippen LogP contribution in [0.5, 0.6) is 0 Å². The van der Waals surface area contributed by atoms with Crippen LogP contribution >= 0.6 is 11.8 Å². The number of hydrogen-bond acceptors (Lipinski definition) is 6. The Labute approximate surface area is 179 Å². The molecule has 0 aromatic heterocycles. The summed E-state index contributed by atoms with van der Waals surface area (Å²) in [6.45, 7) is 3.24. The van der Waals surface area contributed by atoms with Crippen molar-refractivity contribution in [3.63, 3.8) is 0 Å². The molecule has 0 saturated carbocycles. The lowest BCUT2D eigenvalue weighted by Crippen LogP contribution is -2.20. The molecule has 7 nitrogen and oxygen atoms in total. The van der Waals surface area contributed by atoms with Crippen molar-refractivity contribution in [2.24, 2.45) is 5.92 Å². The van der Waals surface area contributed by atoms with Crippen LogP contribution in [0, 0.1) is 5.92 Å². The minimum absolute atomic E-state index is 0.0584. The molecule has 1 aliphatic heterocycles. The molecule has 3 rings (SSSR count). The smallest absolute Gasteiger partial charge is 0.228 e. The van der Waals surface area contributed by atoms with Crippen molar-refractivity contribution in [3.05, 3.63) is 48.0 Å². The minimum Gasteiger partial charge on any atom is -0.326 e. The molecule has 1 heterocycles. The molecule has 9 heteroatoms. The lowest BCUT2D eigenvalue weighted by Gasteiger charge is -2.10. The fourth-order valence-electron chi connectivity index (χ4n) is 2.86. The van der Waals surface area contributed by atoms with Gasteiger partial charge in [0.25, 0.3) is 0 Å². The third-order valence-corrected chi connectivity index (χ3v) is 7.70. The predicted octanol–water partition coefficient (Wildman–Crippen LogP) is 3.37. The van der Waals surface area contributed by atoms with Gasteiger partial charge >= 0.3 is 0 Å². The van der Waals surface area contributed by atoms with Gasteiger partial charge in [-0.15, -0.1) is 11.8 Å². The van der Waals surface area contributed by atoms with E-state index >= 15 is 0 Å². The summed E-state index contributed by atoms with van der Waals surface area (Å²) in [6, 6.07) is 11.1. The molecule has 1 aliphatic rings.